The number of ether oxygens (including phenoxy) is 1. The maximum atomic E-state index is 7.00. The number of hydrogen-bond acceptors (Lipinski definition) is 3. The first kappa shape index (κ1) is 35.7. The first-order valence-corrected chi connectivity index (χ1v) is 22.5. The molecule has 3 aromatic heterocycles. The van der Waals surface area contributed by atoms with E-state index in [4.69, 9.17) is 13.8 Å². The molecule has 0 unspecified atom stereocenters. The highest BCUT2D eigenvalue weighted by Gasteiger charge is 2.41. The molecule has 0 saturated carbocycles. The molecular formula is C60H35BN2O3. The normalized spacial score (nSPS) is 12.8. The second-order valence-electron chi connectivity index (χ2n) is 17.5. The summed E-state index contributed by atoms with van der Waals surface area (Å²) in [5, 5.41) is 7.12. The Morgan fingerprint density at radius 3 is 1.65 bits per heavy atom. The molecule has 0 saturated heterocycles. The van der Waals surface area contributed by atoms with Gasteiger partial charge in [0.25, 0.3) is 0 Å². The Balaban J connectivity index is 0.833. The molecule has 2 aliphatic rings. The van der Waals surface area contributed by atoms with Gasteiger partial charge in [-0.05, 0) is 107 Å². The number of para-hydroxylation sites is 6. The minimum Gasteiger partial charge on any atom is -0.551 e. The maximum Gasteiger partial charge on any atom is 0.434 e. The highest BCUT2D eigenvalue weighted by atomic mass is 16.5. The second-order valence-corrected chi connectivity index (χ2v) is 17.5. The highest BCUT2D eigenvalue weighted by molar-refractivity contribution is 6.84. The van der Waals surface area contributed by atoms with Crippen LogP contribution < -0.4 is 20.3 Å². The van der Waals surface area contributed by atoms with E-state index in [2.05, 4.69) is 215 Å². The van der Waals surface area contributed by atoms with Crippen LogP contribution in [0.3, 0.4) is 0 Å². The third-order valence-electron chi connectivity index (χ3n) is 14.0. The standard InChI is InChI=1S/C60H35BN2O3/c1-6-18-50-41(12-1)42-13-2-7-19-51(42)62(50)40-28-24-36(25-29-40)37-27-31-49-57(34-37)64-58-35-39(32-48-45-16-5-10-23-55(45)66-61(49)59(48)58)38-26-30-46-47-17-11-22-54(60(47)65-56(46)33-38)63-52-20-8-3-14-43(52)44-15-4-9-21-53(44)63/h1-35H. The van der Waals surface area contributed by atoms with Gasteiger partial charge in [0.15, 0.2) is 5.58 Å². The summed E-state index contributed by atoms with van der Waals surface area (Å²) in [6, 6.07) is 75.7. The third-order valence-corrected chi connectivity index (χ3v) is 14.0. The van der Waals surface area contributed by atoms with Crippen LogP contribution >= 0.6 is 0 Å². The number of benzene rings is 10. The number of rotatable bonds is 4. The predicted octanol–water partition coefficient (Wildman–Crippen LogP) is 14.4. The van der Waals surface area contributed by atoms with Gasteiger partial charge in [-0.1, -0.05) is 133 Å². The van der Waals surface area contributed by atoms with Crippen LogP contribution in [0.4, 0.5) is 0 Å². The Bertz CT molecular complexity index is 4090. The molecule has 5 heterocycles. The Morgan fingerprint density at radius 2 is 0.939 bits per heavy atom. The largest absolute Gasteiger partial charge is 0.551 e. The topological polar surface area (TPSA) is 41.5 Å². The van der Waals surface area contributed by atoms with Crippen molar-refractivity contribution in [3.63, 3.8) is 0 Å². The summed E-state index contributed by atoms with van der Waals surface area (Å²) in [6.45, 7) is -0.313. The minimum absolute atomic E-state index is 0.313. The van der Waals surface area contributed by atoms with Crippen molar-refractivity contribution in [3.05, 3.63) is 212 Å². The molecule has 66 heavy (non-hydrogen) atoms. The first-order chi connectivity index (χ1) is 32.7. The fourth-order valence-electron chi connectivity index (χ4n) is 11.0. The average Bonchev–Trinajstić information content (AvgIpc) is 4.04. The molecule has 0 spiro atoms. The van der Waals surface area contributed by atoms with Crippen molar-refractivity contribution >= 4 is 83.4 Å². The number of nitrogens with zero attached hydrogens (tertiary/aromatic N) is 2. The molecule has 0 fully saturated rings. The van der Waals surface area contributed by atoms with Crippen molar-refractivity contribution in [2.45, 2.75) is 0 Å². The van der Waals surface area contributed by atoms with E-state index >= 15 is 0 Å². The van der Waals surface area contributed by atoms with E-state index < -0.39 is 0 Å². The van der Waals surface area contributed by atoms with Crippen LogP contribution in [0.15, 0.2) is 217 Å². The summed E-state index contributed by atoms with van der Waals surface area (Å²) in [7, 11) is 0. The molecule has 15 rings (SSSR count). The molecule has 13 aromatic rings. The fourth-order valence-corrected chi connectivity index (χ4v) is 11.0. The van der Waals surface area contributed by atoms with Gasteiger partial charge in [-0.15, -0.1) is 0 Å². The van der Waals surface area contributed by atoms with Gasteiger partial charge in [0.05, 0.1) is 27.8 Å². The van der Waals surface area contributed by atoms with Gasteiger partial charge in [0.2, 0.25) is 0 Å². The Hall–Kier alpha value is -8.74. The molecule has 0 aliphatic carbocycles. The average molecular weight is 843 g/mol. The van der Waals surface area contributed by atoms with Crippen molar-refractivity contribution in [1.82, 2.24) is 9.13 Å². The van der Waals surface area contributed by atoms with E-state index in [9.17, 15) is 0 Å². The zero-order chi connectivity index (χ0) is 43.0. The van der Waals surface area contributed by atoms with Crippen LogP contribution in [0.5, 0.6) is 17.2 Å². The van der Waals surface area contributed by atoms with Gasteiger partial charge in [-0.3, -0.25) is 0 Å². The van der Waals surface area contributed by atoms with Gasteiger partial charge in [0, 0.05) is 54.5 Å². The van der Waals surface area contributed by atoms with E-state index in [1.54, 1.807) is 0 Å². The Morgan fingerprint density at radius 1 is 0.364 bits per heavy atom. The third kappa shape index (κ3) is 5.01. The molecule has 2 aliphatic heterocycles. The lowest BCUT2D eigenvalue weighted by atomic mass is 9.50. The van der Waals surface area contributed by atoms with Crippen molar-refractivity contribution in [2.24, 2.45) is 0 Å². The summed E-state index contributed by atoms with van der Waals surface area (Å²) >= 11 is 0. The van der Waals surface area contributed by atoms with Crippen LogP contribution in [0.25, 0.3) is 110 Å². The summed E-state index contributed by atoms with van der Waals surface area (Å²) in [6.07, 6.45) is 0. The summed E-state index contributed by atoms with van der Waals surface area (Å²) in [5.41, 5.74) is 17.1. The molecule has 306 valence electrons. The highest BCUT2D eigenvalue weighted by Crippen LogP contribution is 2.44. The smallest absolute Gasteiger partial charge is 0.434 e. The maximum absolute atomic E-state index is 7.00. The number of furan rings is 1. The number of hydrogen-bond donors (Lipinski definition) is 0. The lowest BCUT2D eigenvalue weighted by Crippen LogP contribution is -2.53. The molecular weight excluding hydrogens is 807 g/mol. The molecule has 6 heteroatoms. The molecule has 10 aromatic carbocycles. The molecule has 0 amide bonds. The molecule has 0 N–H and O–H groups in total. The Kier molecular flexibility index (Phi) is 7.24. The molecule has 5 nitrogen and oxygen atoms in total. The lowest BCUT2D eigenvalue weighted by molar-refractivity contribution is 0.480. The zero-order valence-corrected chi connectivity index (χ0v) is 35.4. The monoisotopic (exact) mass is 842 g/mol. The van der Waals surface area contributed by atoms with Crippen LogP contribution in [0.1, 0.15) is 0 Å². The fraction of sp³-hybridized carbons (Fsp3) is 0. The van der Waals surface area contributed by atoms with E-state index in [1.807, 2.05) is 6.07 Å². The van der Waals surface area contributed by atoms with Crippen molar-refractivity contribution in [1.29, 1.82) is 0 Å². The van der Waals surface area contributed by atoms with Crippen LogP contribution in [-0.2, 0) is 0 Å². The van der Waals surface area contributed by atoms with Gasteiger partial charge in [-0.25, -0.2) is 0 Å². The molecule has 0 bridgehead atoms. The van der Waals surface area contributed by atoms with E-state index in [1.165, 1.54) is 32.6 Å². The zero-order valence-electron chi connectivity index (χ0n) is 35.4. The predicted molar refractivity (Wildman–Crippen MR) is 271 cm³/mol. The SMILES string of the molecule is c1ccc2c(c1)OB1c3ccc(-c4ccc(-n5c6ccccc6c6ccccc65)cc4)cc3Oc3cc(-c4ccc5c(c4)oc4c(-n6c7ccccc7c7ccccc76)cccc45)cc-2c31. The Labute approximate surface area is 379 Å². The van der Waals surface area contributed by atoms with Crippen LogP contribution in [0.2, 0.25) is 0 Å². The van der Waals surface area contributed by atoms with E-state index in [0.717, 1.165) is 106 Å². The molecule has 0 radical (unpaired) electrons. The second kappa shape index (κ2) is 13.4. The van der Waals surface area contributed by atoms with Crippen LogP contribution in [-0.4, -0.2) is 16.0 Å². The summed E-state index contributed by atoms with van der Waals surface area (Å²) in [5.74, 6) is 2.46. The van der Waals surface area contributed by atoms with E-state index in [0.29, 0.717) is 0 Å². The number of aromatic nitrogens is 2. The van der Waals surface area contributed by atoms with Gasteiger partial charge >= 0.3 is 6.92 Å². The quantitative estimate of drug-likeness (QED) is 0.166. The number of fused-ring (bicyclic) bond motifs is 13. The van der Waals surface area contributed by atoms with Crippen molar-refractivity contribution < 1.29 is 13.8 Å². The molecule has 0 atom stereocenters. The van der Waals surface area contributed by atoms with Gasteiger partial charge in [-0.2, -0.15) is 0 Å². The van der Waals surface area contributed by atoms with Gasteiger partial charge < -0.3 is 22.9 Å². The lowest BCUT2D eigenvalue weighted by Gasteiger charge is -2.33. The summed E-state index contributed by atoms with van der Waals surface area (Å²) in [4.78, 5) is 0. The van der Waals surface area contributed by atoms with Gasteiger partial charge in [0.1, 0.15) is 22.8 Å². The summed E-state index contributed by atoms with van der Waals surface area (Å²) < 4.78 is 25.5. The minimum atomic E-state index is -0.313. The van der Waals surface area contributed by atoms with Crippen molar-refractivity contribution in [3.8, 4) is 62.0 Å². The first-order valence-electron chi connectivity index (χ1n) is 22.5. The van der Waals surface area contributed by atoms with Crippen molar-refractivity contribution in [2.75, 3.05) is 0 Å². The van der Waals surface area contributed by atoms with E-state index in [-0.39, 0.29) is 6.92 Å². The van der Waals surface area contributed by atoms with Crippen LogP contribution in [0, 0.1) is 0 Å².